The van der Waals surface area contributed by atoms with E-state index >= 15 is 0 Å². The Kier molecular flexibility index (Phi) is 11.1. The summed E-state index contributed by atoms with van der Waals surface area (Å²) in [7, 11) is -4.30. The summed E-state index contributed by atoms with van der Waals surface area (Å²) >= 11 is 0. The molecule has 0 saturated carbocycles. The maximum atomic E-state index is 10.5. The monoisotopic (exact) mass is 208 g/mol. The van der Waals surface area contributed by atoms with E-state index in [1.54, 1.807) is 0 Å². The molecular formula is C4H10NaO6P. The minimum atomic E-state index is -4.30. The Bertz CT molecular complexity index is 130. The van der Waals surface area contributed by atoms with E-state index in [9.17, 15) is 9.46 Å². The third-order valence-corrected chi connectivity index (χ3v) is 1.68. The van der Waals surface area contributed by atoms with Crippen molar-refractivity contribution < 1.29 is 58.3 Å². The Morgan fingerprint density at radius 3 is 1.75 bits per heavy atom. The predicted octanol–water partition coefficient (Wildman–Crippen LogP) is -4.52. The second-order valence-electron chi connectivity index (χ2n) is 1.56. The average Bonchev–Trinajstić information content (AvgIpc) is 1.97. The molecule has 0 atom stereocenters. The van der Waals surface area contributed by atoms with Crippen LogP contribution in [0, 0.1) is 0 Å². The van der Waals surface area contributed by atoms with E-state index in [1.807, 2.05) is 0 Å². The van der Waals surface area contributed by atoms with E-state index in [1.165, 1.54) is 0 Å². The minimum Gasteiger partial charge on any atom is -0.756 e. The minimum absolute atomic E-state index is 0. The molecule has 0 unspecified atom stereocenters. The molecule has 8 heteroatoms. The van der Waals surface area contributed by atoms with Gasteiger partial charge in [0.1, 0.15) is 0 Å². The fourth-order valence-electron chi connectivity index (χ4n) is 0.343. The quantitative estimate of drug-likeness (QED) is 0.337. The van der Waals surface area contributed by atoms with Crippen LogP contribution in [0.5, 0.6) is 0 Å². The molecule has 0 bridgehead atoms. The van der Waals surface area contributed by atoms with E-state index in [4.69, 9.17) is 10.2 Å². The molecule has 0 aromatic heterocycles. The zero-order valence-corrected chi connectivity index (χ0v) is 9.70. The molecule has 12 heavy (non-hydrogen) atoms. The average molecular weight is 208 g/mol. The predicted molar refractivity (Wildman–Crippen MR) is 33.7 cm³/mol. The summed E-state index contributed by atoms with van der Waals surface area (Å²) < 4.78 is 18.7. The van der Waals surface area contributed by atoms with Gasteiger partial charge in [-0.2, -0.15) is 0 Å². The third kappa shape index (κ3) is 9.12. The molecule has 0 fully saturated rings. The maximum absolute atomic E-state index is 10.5. The summed E-state index contributed by atoms with van der Waals surface area (Å²) in [4.78, 5) is 10.5. The smallest absolute Gasteiger partial charge is 0.756 e. The Balaban J connectivity index is 0. The second kappa shape index (κ2) is 8.62. The zero-order chi connectivity index (χ0) is 8.74. The maximum Gasteiger partial charge on any atom is 1.00 e. The van der Waals surface area contributed by atoms with Crippen molar-refractivity contribution in [2.75, 3.05) is 26.4 Å². The molecule has 0 heterocycles. The van der Waals surface area contributed by atoms with Gasteiger partial charge in [0.25, 0.3) is 7.82 Å². The van der Waals surface area contributed by atoms with E-state index in [0.717, 1.165) is 0 Å². The van der Waals surface area contributed by atoms with E-state index < -0.39 is 21.0 Å². The van der Waals surface area contributed by atoms with E-state index in [-0.39, 0.29) is 42.8 Å². The molecular weight excluding hydrogens is 198 g/mol. The van der Waals surface area contributed by atoms with Crippen LogP contribution in [0.4, 0.5) is 0 Å². The van der Waals surface area contributed by atoms with Crippen LogP contribution >= 0.6 is 7.82 Å². The van der Waals surface area contributed by atoms with Gasteiger partial charge in [-0.1, -0.05) is 0 Å². The Hall–Kier alpha value is 1.03. The summed E-state index contributed by atoms with van der Waals surface area (Å²) in [6.45, 7) is -1.44. The first-order valence-corrected chi connectivity index (χ1v) is 4.40. The van der Waals surface area contributed by atoms with Crippen LogP contribution in [-0.4, -0.2) is 36.6 Å². The Morgan fingerprint density at radius 1 is 1.17 bits per heavy atom. The summed E-state index contributed by atoms with van der Waals surface area (Å²) in [5.74, 6) is 0. The summed E-state index contributed by atoms with van der Waals surface area (Å²) in [6.07, 6.45) is 0. The first-order chi connectivity index (χ1) is 5.12. The first-order valence-electron chi connectivity index (χ1n) is 2.94. The normalized spacial score (nSPS) is 10.9. The van der Waals surface area contributed by atoms with Crippen LogP contribution in [-0.2, 0) is 13.6 Å². The van der Waals surface area contributed by atoms with Gasteiger partial charge in [0.05, 0.1) is 26.4 Å². The van der Waals surface area contributed by atoms with Crippen LogP contribution in [0.1, 0.15) is 0 Å². The molecule has 68 valence electrons. The fourth-order valence-corrected chi connectivity index (χ4v) is 1.03. The van der Waals surface area contributed by atoms with Crippen LogP contribution in [0.25, 0.3) is 0 Å². The molecule has 0 aliphatic carbocycles. The Morgan fingerprint density at radius 2 is 1.50 bits per heavy atom. The number of aliphatic hydroxyl groups excluding tert-OH is 2. The van der Waals surface area contributed by atoms with Crippen LogP contribution < -0.4 is 34.5 Å². The van der Waals surface area contributed by atoms with Crippen LogP contribution in [0.2, 0.25) is 0 Å². The van der Waals surface area contributed by atoms with Gasteiger partial charge >= 0.3 is 29.6 Å². The topological polar surface area (TPSA) is 99.1 Å². The molecule has 0 aromatic carbocycles. The number of rotatable bonds is 6. The molecule has 0 saturated heterocycles. The molecule has 0 rings (SSSR count). The van der Waals surface area contributed by atoms with Gasteiger partial charge in [-0.25, -0.2) is 0 Å². The standard InChI is InChI=1S/C4H11O6P.Na/c5-1-3-9-11(7,8)10-4-2-6;/h5-6H,1-4H2,(H,7,8);/q;+1/p-1. The molecule has 0 radical (unpaired) electrons. The van der Waals surface area contributed by atoms with Crippen molar-refractivity contribution in [2.45, 2.75) is 0 Å². The molecule has 2 N–H and O–H groups in total. The summed E-state index contributed by atoms with van der Waals surface area (Å²) in [5.41, 5.74) is 0. The zero-order valence-electron chi connectivity index (χ0n) is 6.80. The third-order valence-electron chi connectivity index (χ3n) is 0.681. The number of phosphoric ester groups is 1. The van der Waals surface area contributed by atoms with E-state index in [2.05, 4.69) is 9.05 Å². The Labute approximate surface area is 92.4 Å². The number of hydrogen-bond acceptors (Lipinski definition) is 6. The summed E-state index contributed by atoms with van der Waals surface area (Å²) in [5, 5.41) is 16.3. The van der Waals surface area contributed by atoms with Crippen molar-refractivity contribution >= 4 is 7.82 Å². The van der Waals surface area contributed by atoms with E-state index in [0.29, 0.717) is 0 Å². The van der Waals surface area contributed by atoms with Crippen LogP contribution in [0.15, 0.2) is 0 Å². The summed E-state index contributed by atoms with van der Waals surface area (Å²) in [6, 6.07) is 0. The van der Waals surface area contributed by atoms with Gasteiger partial charge in [-0.05, 0) is 0 Å². The fraction of sp³-hybridized carbons (Fsp3) is 1.00. The number of aliphatic hydroxyl groups is 2. The van der Waals surface area contributed by atoms with Crippen molar-refractivity contribution in [2.24, 2.45) is 0 Å². The van der Waals surface area contributed by atoms with Crippen molar-refractivity contribution in [1.82, 2.24) is 0 Å². The molecule has 0 amide bonds. The molecule has 0 aliphatic heterocycles. The van der Waals surface area contributed by atoms with Gasteiger partial charge in [-0.3, -0.25) is 4.57 Å². The van der Waals surface area contributed by atoms with Gasteiger partial charge < -0.3 is 24.2 Å². The largest absolute Gasteiger partial charge is 1.00 e. The molecule has 0 spiro atoms. The molecule has 0 aliphatic rings. The van der Waals surface area contributed by atoms with Gasteiger partial charge in [0.15, 0.2) is 0 Å². The SMILES string of the molecule is O=P([O-])(OCCO)OCCO.[Na+]. The number of hydrogen-bond donors (Lipinski definition) is 2. The van der Waals surface area contributed by atoms with Gasteiger partial charge in [0, 0.05) is 0 Å². The van der Waals surface area contributed by atoms with Crippen LogP contribution in [0.3, 0.4) is 0 Å². The molecule has 0 aromatic rings. The van der Waals surface area contributed by atoms with Crippen molar-refractivity contribution in [1.29, 1.82) is 0 Å². The first kappa shape index (κ1) is 15.5. The van der Waals surface area contributed by atoms with Crippen molar-refractivity contribution in [3.63, 3.8) is 0 Å². The number of phosphoric acid groups is 1. The second-order valence-corrected chi connectivity index (χ2v) is 2.97. The van der Waals surface area contributed by atoms with Gasteiger partial charge in [0.2, 0.25) is 0 Å². The molecule has 6 nitrogen and oxygen atoms in total. The van der Waals surface area contributed by atoms with Gasteiger partial charge in [-0.15, -0.1) is 0 Å². The van der Waals surface area contributed by atoms with Crippen molar-refractivity contribution in [3.05, 3.63) is 0 Å². The van der Waals surface area contributed by atoms with Crippen molar-refractivity contribution in [3.8, 4) is 0 Å².